The second-order valence-corrected chi connectivity index (χ2v) is 7.20. The predicted molar refractivity (Wildman–Crippen MR) is 83.5 cm³/mol. The van der Waals surface area contributed by atoms with Gasteiger partial charge in [0.05, 0.1) is 9.92 Å². The molecule has 0 unspecified atom stereocenters. The lowest BCUT2D eigenvalue weighted by molar-refractivity contribution is 0.589. The summed E-state index contributed by atoms with van der Waals surface area (Å²) in [5.74, 6) is 0. The molecule has 1 aromatic carbocycles. The quantitative estimate of drug-likeness (QED) is 0.665. The van der Waals surface area contributed by atoms with E-state index in [2.05, 4.69) is 4.98 Å². The fourth-order valence-electron chi connectivity index (χ4n) is 2.04. The molecule has 2 aromatic heterocycles. The highest BCUT2D eigenvalue weighted by atomic mass is 35.5. The summed E-state index contributed by atoms with van der Waals surface area (Å²) in [5, 5.41) is 1.05. The van der Waals surface area contributed by atoms with E-state index in [-0.39, 0.29) is 15.7 Å². The van der Waals surface area contributed by atoms with Crippen LogP contribution in [0.3, 0.4) is 0 Å². The lowest BCUT2D eigenvalue weighted by Crippen LogP contribution is -2.12. The molecule has 108 valence electrons. The Hall–Kier alpha value is -1.56. The Labute approximate surface area is 132 Å². The Morgan fingerprint density at radius 3 is 2.43 bits per heavy atom. The number of rotatable bonds is 2. The van der Waals surface area contributed by atoms with Crippen molar-refractivity contribution in [2.24, 2.45) is 0 Å². The first kappa shape index (κ1) is 14.4. The zero-order chi connectivity index (χ0) is 15.2. The van der Waals surface area contributed by atoms with Gasteiger partial charge in [-0.1, -0.05) is 40.9 Å². The molecule has 0 saturated carbocycles. The second kappa shape index (κ2) is 5.02. The number of halogens is 2. The first-order valence-corrected chi connectivity index (χ1v) is 8.24. The molecule has 0 amide bonds. The molecule has 2 heterocycles. The number of hydrogen-bond donors (Lipinski definition) is 0. The van der Waals surface area contributed by atoms with Gasteiger partial charge < -0.3 is 0 Å². The van der Waals surface area contributed by atoms with Crippen LogP contribution in [0.5, 0.6) is 0 Å². The molecule has 0 aliphatic heterocycles. The van der Waals surface area contributed by atoms with Crippen LogP contribution in [0.2, 0.25) is 10.2 Å². The van der Waals surface area contributed by atoms with Crippen molar-refractivity contribution >= 4 is 44.3 Å². The first-order chi connectivity index (χ1) is 9.89. The summed E-state index contributed by atoms with van der Waals surface area (Å²) >= 11 is 11.9. The fourth-order valence-corrected chi connectivity index (χ4v) is 3.83. The van der Waals surface area contributed by atoms with Crippen molar-refractivity contribution in [2.45, 2.75) is 11.8 Å². The summed E-state index contributed by atoms with van der Waals surface area (Å²) in [5.41, 5.74) is 1.20. The van der Waals surface area contributed by atoms with Crippen molar-refractivity contribution in [3.63, 3.8) is 0 Å². The third-order valence-corrected chi connectivity index (χ3v) is 5.31. The number of fused-ring (bicyclic) bond motifs is 1. The number of nitrogens with zero attached hydrogens (tertiary/aromatic N) is 2. The van der Waals surface area contributed by atoms with Crippen LogP contribution in [0.15, 0.2) is 47.5 Å². The van der Waals surface area contributed by atoms with Crippen LogP contribution in [-0.2, 0) is 10.0 Å². The van der Waals surface area contributed by atoms with E-state index >= 15 is 0 Å². The van der Waals surface area contributed by atoms with Crippen LogP contribution in [-0.4, -0.2) is 17.4 Å². The topological polar surface area (TPSA) is 52.0 Å². The van der Waals surface area contributed by atoms with E-state index < -0.39 is 10.0 Å². The third kappa shape index (κ3) is 2.41. The average Bonchev–Trinajstić information content (AvgIpc) is 2.83. The number of benzene rings is 1. The van der Waals surface area contributed by atoms with Crippen molar-refractivity contribution in [3.05, 3.63) is 58.3 Å². The monoisotopic (exact) mass is 340 g/mol. The summed E-state index contributed by atoms with van der Waals surface area (Å²) in [7, 11) is -3.74. The minimum absolute atomic E-state index is 0.145. The normalized spacial score (nSPS) is 12.0. The van der Waals surface area contributed by atoms with Crippen molar-refractivity contribution in [1.29, 1.82) is 0 Å². The first-order valence-electron chi connectivity index (χ1n) is 6.05. The van der Waals surface area contributed by atoms with Gasteiger partial charge in [-0.2, -0.15) is 0 Å². The molecule has 3 aromatic rings. The molecule has 3 rings (SSSR count). The highest BCUT2D eigenvalue weighted by Crippen LogP contribution is 2.28. The van der Waals surface area contributed by atoms with Crippen molar-refractivity contribution in [3.8, 4) is 0 Å². The van der Waals surface area contributed by atoms with Gasteiger partial charge in [0.2, 0.25) is 0 Å². The SMILES string of the molecule is Cc1ccc(S(=O)(=O)n2ccc3c(Cl)cc(Cl)nc32)cc1. The Morgan fingerprint density at radius 1 is 1.10 bits per heavy atom. The number of pyridine rings is 1. The highest BCUT2D eigenvalue weighted by molar-refractivity contribution is 7.90. The van der Waals surface area contributed by atoms with Crippen LogP contribution < -0.4 is 0 Å². The zero-order valence-electron chi connectivity index (χ0n) is 10.9. The summed E-state index contributed by atoms with van der Waals surface area (Å²) in [4.78, 5) is 4.25. The Balaban J connectivity index is 2.27. The maximum atomic E-state index is 12.7. The van der Waals surface area contributed by atoms with Crippen molar-refractivity contribution in [1.82, 2.24) is 8.96 Å². The fraction of sp³-hybridized carbons (Fsp3) is 0.0714. The van der Waals surface area contributed by atoms with E-state index in [9.17, 15) is 8.42 Å². The van der Waals surface area contributed by atoms with E-state index in [4.69, 9.17) is 23.2 Å². The van der Waals surface area contributed by atoms with Gasteiger partial charge in [-0.15, -0.1) is 0 Å². The van der Waals surface area contributed by atoms with E-state index in [0.717, 1.165) is 9.54 Å². The number of aromatic nitrogens is 2. The summed E-state index contributed by atoms with van der Waals surface area (Å²) in [6.07, 6.45) is 1.43. The van der Waals surface area contributed by atoms with Crippen LogP contribution in [0, 0.1) is 6.92 Å². The molecule has 0 radical (unpaired) electrons. The largest absolute Gasteiger partial charge is 0.269 e. The Bertz CT molecular complexity index is 932. The molecule has 4 nitrogen and oxygen atoms in total. The van der Waals surface area contributed by atoms with Crippen LogP contribution in [0.1, 0.15) is 5.56 Å². The maximum Gasteiger partial charge on any atom is 0.269 e. The minimum Gasteiger partial charge on any atom is -0.224 e. The van der Waals surface area contributed by atoms with Gasteiger partial charge in [0, 0.05) is 11.6 Å². The molecule has 0 aliphatic carbocycles. The van der Waals surface area contributed by atoms with Gasteiger partial charge >= 0.3 is 0 Å². The molecule has 0 bridgehead atoms. The molecular formula is C14H10Cl2N2O2S. The average molecular weight is 341 g/mol. The van der Waals surface area contributed by atoms with Crippen molar-refractivity contribution in [2.75, 3.05) is 0 Å². The van der Waals surface area contributed by atoms with Gasteiger partial charge in [0.25, 0.3) is 10.0 Å². The van der Waals surface area contributed by atoms with Crippen LogP contribution in [0.4, 0.5) is 0 Å². The smallest absolute Gasteiger partial charge is 0.224 e. The standard InChI is InChI=1S/C14H10Cl2N2O2S/c1-9-2-4-10(5-3-9)21(19,20)18-7-6-11-12(15)8-13(16)17-14(11)18/h2-8H,1H3. The van der Waals surface area contributed by atoms with E-state index in [0.29, 0.717) is 10.4 Å². The molecule has 7 heteroatoms. The summed E-state index contributed by atoms with van der Waals surface area (Å²) in [6.45, 7) is 1.89. The van der Waals surface area contributed by atoms with Gasteiger partial charge in [0.15, 0.2) is 5.65 Å². The second-order valence-electron chi connectivity index (χ2n) is 4.59. The Morgan fingerprint density at radius 2 is 1.76 bits per heavy atom. The van der Waals surface area contributed by atoms with Crippen molar-refractivity contribution < 1.29 is 8.42 Å². The summed E-state index contributed by atoms with van der Waals surface area (Å²) < 4.78 is 26.4. The predicted octanol–water partition coefficient (Wildman–Crippen LogP) is 3.89. The molecule has 0 spiro atoms. The summed E-state index contributed by atoms with van der Waals surface area (Å²) in [6, 6.07) is 9.68. The van der Waals surface area contributed by atoms with Crippen LogP contribution in [0.25, 0.3) is 11.0 Å². The molecule has 0 saturated heterocycles. The third-order valence-electron chi connectivity index (χ3n) is 3.12. The molecule has 0 atom stereocenters. The van der Waals surface area contributed by atoms with E-state index in [1.54, 1.807) is 30.3 Å². The van der Waals surface area contributed by atoms with E-state index in [1.807, 2.05) is 6.92 Å². The minimum atomic E-state index is -3.74. The molecule has 0 aliphatic rings. The number of hydrogen-bond acceptors (Lipinski definition) is 3. The van der Waals surface area contributed by atoms with Crippen LogP contribution >= 0.6 is 23.2 Å². The molecule has 0 N–H and O–H groups in total. The van der Waals surface area contributed by atoms with Gasteiger partial charge in [-0.05, 0) is 31.2 Å². The van der Waals surface area contributed by atoms with Gasteiger partial charge in [0.1, 0.15) is 5.15 Å². The van der Waals surface area contributed by atoms with E-state index in [1.165, 1.54) is 12.3 Å². The van der Waals surface area contributed by atoms with Gasteiger partial charge in [-0.25, -0.2) is 17.4 Å². The number of aryl methyl sites for hydroxylation is 1. The lowest BCUT2D eigenvalue weighted by Gasteiger charge is -2.07. The Kier molecular flexibility index (Phi) is 3.43. The lowest BCUT2D eigenvalue weighted by atomic mass is 10.2. The molecule has 0 fully saturated rings. The maximum absolute atomic E-state index is 12.7. The van der Waals surface area contributed by atoms with Gasteiger partial charge in [-0.3, -0.25) is 0 Å². The highest BCUT2D eigenvalue weighted by Gasteiger charge is 2.20. The molecular weight excluding hydrogens is 331 g/mol. The zero-order valence-corrected chi connectivity index (χ0v) is 13.2. The molecule has 21 heavy (non-hydrogen) atoms.